The topological polar surface area (TPSA) is 64.5 Å². The molecule has 3 aromatic heterocycles. The van der Waals surface area contributed by atoms with Gasteiger partial charge in [0.25, 0.3) is 0 Å². The van der Waals surface area contributed by atoms with E-state index in [-0.39, 0.29) is 0 Å². The molecule has 3 heterocycles. The summed E-state index contributed by atoms with van der Waals surface area (Å²) in [6, 6.07) is 74.5. The van der Waals surface area contributed by atoms with Crippen molar-refractivity contribution in [2.24, 2.45) is 0 Å². The SMILES string of the molecule is c1ccc(-c2nc(-c3ccccc3)nc(-c3cc4c(cc3-c3nc(-c5ccccc5)c5sc6ccccc6c5n3)C(c3ccccc3)(c3ccccc3)c3ccccc3-4)n2)cc1. The molecule has 62 heavy (non-hydrogen) atoms. The van der Waals surface area contributed by atoms with Crippen molar-refractivity contribution in [3.05, 3.63) is 235 Å². The largest absolute Gasteiger partial charge is 0.226 e. The Kier molecular flexibility index (Phi) is 8.50. The summed E-state index contributed by atoms with van der Waals surface area (Å²) < 4.78 is 2.22. The van der Waals surface area contributed by atoms with Gasteiger partial charge in [-0.25, -0.2) is 24.9 Å². The molecule has 6 heteroatoms. The number of aromatic nitrogens is 5. The van der Waals surface area contributed by atoms with Gasteiger partial charge in [-0.15, -0.1) is 11.3 Å². The average Bonchev–Trinajstić information content (AvgIpc) is 3.88. The molecule has 5 nitrogen and oxygen atoms in total. The van der Waals surface area contributed by atoms with Gasteiger partial charge in [0.2, 0.25) is 0 Å². The van der Waals surface area contributed by atoms with Crippen LogP contribution in [0.5, 0.6) is 0 Å². The summed E-state index contributed by atoms with van der Waals surface area (Å²) >= 11 is 1.73. The van der Waals surface area contributed by atoms with E-state index in [4.69, 9.17) is 24.9 Å². The highest BCUT2D eigenvalue weighted by Crippen LogP contribution is 2.58. The van der Waals surface area contributed by atoms with Gasteiger partial charge in [-0.3, -0.25) is 0 Å². The monoisotopic (exact) mass is 809 g/mol. The molecule has 8 aromatic carbocycles. The fraction of sp³-hybridized carbons (Fsp3) is 0.0179. The van der Waals surface area contributed by atoms with Gasteiger partial charge >= 0.3 is 0 Å². The van der Waals surface area contributed by atoms with Crippen molar-refractivity contribution in [2.75, 3.05) is 0 Å². The van der Waals surface area contributed by atoms with Gasteiger partial charge in [-0.2, -0.15) is 0 Å². The molecular formula is C56H35N5S. The Morgan fingerprint density at radius 2 is 0.823 bits per heavy atom. The maximum absolute atomic E-state index is 5.58. The summed E-state index contributed by atoms with van der Waals surface area (Å²) in [4.78, 5) is 26.9. The van der Waals surface area contributed by atoms with Crippen LogP contribution in [0.4, 0.5) is 0 Å². The second-order valence-corrected chi connectivity index (χ2v) is 16.6. The third kappa shape index (κ3) is 5.72. The van der Waals surface area contributed by atoms with E-state index in [2.05, 4.69) is 146 Å². The number of rotatable bonds is 7. The van der Waals surface area contributed by atoms with Crippen LogP contribution in [-0.2, 0) is 5.41 Å². The van der Waals surface area contributed by atoms with Gasteiger partial charge in [0.1, 0.15) is 0 Å². The first-order chi connectivity index (χ1) is 30.7. The minimum absolute atomic E-state index is 0.546. The van der Waals surface area contributed by atoms with E-state index < -0.39 is 5.41 Å². The molecule has 0 N–H and O–H groups in total. The molecular weight excluding hydrogens is 775 g/mol. The van der Waals surface area contributed by atoms with Crippen LogP contribution in [0.25, 0.3) is 88.2 Å². The van der Waals surface area contributed by atoms with E-state index in [1.807, 2.05) is 66.7 Å². The summed E-state index contributed by atoms with van der Waals surface area (Å²) in [5, 5.41) is 1.10. The average molecular weight is 810 g/mol. The zero-order valence-electron chi connectivity index (χ0n) is 33.4. The molecule has 1 aliphatic carbocycles. The number of thiophene rings is 1. The highest BCUT2D eigenvalue weighted by molar-refractivity contribution is 7.26. The van der Waals surface area contributed by atoms with Gasteiger partial charge in [0.15, 0.2) is 23.3 Å². The minimum atomic E-state index is -0.646. The molecule has 290 valence electrons. The van der Waals surface area contributed by atoms with Crippen molar-refractivity contribution < 1.29 is 0 Å². The lowest BCUT2D eigenvalue weighted by molar-refractivity contribution is 0.768. The highest BCUT2D eigenvalue weighted by atomic mass is 32.1. The molecule has 0 unspecified atom stereocenters. The smallest absolute Gasteiger partial charge is 0.164 e. The Hall–Kier alpha value is -7.93. The Morgan fingerprint density at radius 3 is 1.45 bits per heavy atom. The molecule has 1 aliphatic rings. The molecule has 0 aliphatic heterocycles. The van der Waals surface area contributed by atoms with Crippen LogP contribution >= 0.6 is 11.3 Å². The summed E-state index contributed by atoms with van der Waals surface area (Å²) in [6.45, 7) is 0. The van der Waals surface area contributed by atoms with Crippen LogP contribution < -0.4 is 0 Å². The quantitative estimate of drug-likeness (QED) is 0.160. The maximum Gasteiger partial charge on any atom is 0.164 e. The summed E-state index contributed by atoms with van der Waals surface area (Å²) in [7, 11) is 0. The van der Waals surface area contributed by atoms with Crippen molar-refractivity contribution in [2.45, 2.75) is 5.41 Å². The molecule has 0 saturated carbocycles. The number of hydrogen-bond donors (Lipinski definition) is 0. The van der Waals surface area contributed by atoms with Crippen LogP contribution in [0, 0.1) is 0 Å². The second-order valence-electron chi connectivity index (χ2n) is 15.5. The number of benzene rings is 8. The zero-order chi connectivity index (χ0) is 41.0. The predicted molar refractivity (Wildman–Crippen MR) is 253 cm³/mol. The first kappa shape index (κ1) is 36.0. The second kappa shape index (κ2) is 14.7. The Bertz CT molecular complexity index is 3350. The summed E-state index contributed by atoms with van der Waals surface area (Å²) in [6.07, 6.45) is 0. The Balaban J connectivity index is 1.24. The molecule has 12 rings (SSSR count). The Labute approximate surface area is 362 Å². The standard InChI is InChI=1S/C56H35N5S/c1-6-20-36(21-7-1)49-51-50(42-31-17-19-33-48(42)62-51)58-54(57-49)45-35-47-43(41-30-16-18-32-46(41)56(47,39-26-12-4-13-27-39)40-28-14-5-15-29-40)34-44(45)55-60-52(37-22-8-2-9-23-37)59-53(61-55)38-24-10-3-11-25-38/h1-35H. The van der Waals surface area contributed by atoms with Gasteiger partial charge in [-0.1, -0.05) is 194 Å². The lowest BCUT2D eigenvalue weighted by atomic mass is 9.67. The van der Waals surface area contributed by atoms with Crippen LogP contribution in [0.1, 0.15) is 22.3 Å². The molecule has 0 amide bonds. The van der Waals surface area contributed by atoms with Crippen LogP contribution in [0.3, 0.4) is 0 Å². The number of nitrogens with zero attached hydrogens (tertiary/aromatic N) is 5. The highest BCUT2D eigenvalue weighted by Gasteiger charge is 2.46. The molecule has 0 fully saturated rings. The van der Waals surface area contributed by atoms with Crippen LogP contribution in [0.15, 0.2) is 212 Å². The summed E-state index contributed by atoms with van der Waals surface area (Å²) in [5.41, 5.74) is 12.7. The van der Waals surface area contributed by atoms with E-state index in [1.165, 1.54) is 21.4 Å². The van der Waals surface area contributed by atoms with E-state index >= 15 is 0 Å². The van der Waals surface area contributed by atoms with Crippen molar-refractivity contribution in [3.63, 3.8) is 0 Å². The van der Waals surface area contributed by atoms with Gasteiger partial charge in [0, 0.05) is 37.9 Å². The third-order valence-electron chi connectivity index (χ3n) is 12.0. The van der Waals surface area contributed by atoms with Crippen LogP contribution in [-0.4, -0.2) is 24.9 Å². The number of hydrogen-bond acceptors (Lipinski definition) is 6. The fourth-order valence-electron chi connectivity index (χ4n) is 9.29. The minimum Gasteiger partial charge on any atom is -0.226 e. The van der Waals surface area contributed by atoms with Gasteiger partial charge in [-0.05, 0) is 51.6 Å². The predicted octanol–water partition coefficient (Wildman–Crippen LogP) is 13.7. The maximum atomic E-state index is 5.58. The fourth-order valence-corrected chi connectivity index (χ4v) is 10.4. The molecule has 0 saturated heterocycles. The van der Waals surface area contributed by atoms with Crippen molar-refractivity contribution >= 4 is 31.6 Å². The zero-order valence-corrected chi connectivity index (χ0v) is 34.2. The molecule has 11 aromatic rings. The van der Waals surface area contributed by atoms with Crippen molar-refractivity contribution in [1.82, 2.24) is 24.9 Å². The first-order valence-corrected chi connectivity index (χ1v) is 21.6. The van der Waals surface area contributed by atoms with Gasteiger partial charge < -0.3 is 0 Å². The lowest BCUT2D eigenvalue weighted by Crippen LogP contribution is -2.28. The lowest BCUT2D eigenvalue weighted by Gasteiger charge is -2.34. The third-order valence-corrected chi connectivity index (χ3v) is 13.2. The molecule has 0 atom stereocenters. The van der Waals surface area contributed by atoms with Crippen molar-refractivity contribution in [3.8, 4) is 67.9 Å². The Morgan fingerprint density at radius 1 is 0.339 bits per heavy atom. The summed E-state index contributed by atoms with van der Waals surface area (Å²) in [5.74, 6) is 2.33. The van der Waals surface area contributed by atoms with E-state index in [9.17, 15) is 0 Å². The molecule has 0 radical (unpaired) electrons. The number of fused-ring (bicyclic) bond motifs is 6. The van der Waals surface area contributed by atoms with Gasteiger partial charge in [0.05, 0.1) is 21.3 Å². The van der Waals surface area contributed by atoms with E-state index in [1.54, 1.807) is 11.3 Å². The van der Waals surface area contributed by atoms with Crippen molar-refractivity contribution in [1.29, 1.82) is 0 Å². The van der Waals surface area contributed by atoms with Crippen LogP contribution in [0.2, 0.25) is 0 Å². The normalized spacial score (nSPS) is 12.6. The van der Waals surface area contributed by atoms with E-state index in [0.29, 0.717) is 23.3 Å². The molecule has 0 spiro atoms. The first-order valence-electron chi connectivity index (χ1n) is 20.8. The van der Waals surface area contributed by atoms with E-state index in [0.717, 1.165) is 65.8 Å². The molecule has 0 bridgehead atoms.